The molecule has 1 saturated carbocycles. The number of benzene rings is 1. The van der Waals surface area contributed by atoms with E-state index in [4.69, 9.17) is 9.84 Å². The van der Waals surface area contributed by atoms with E-state index in [1.54, 1.807) is 24.3 Å². The molecule has 1 aromatic carbocycles. The Balaban J connectivity index is 2.08. The summed E-state index contributed by atoms with van der Waals surface area (Å²) in [4.78, 5) is 23.0. The lowest BCUT2D eigenvalue weighted by molar-refractivity contribution is -0.137. The first kappa shape index (κ1) is 13.4. The Labute approximate surface area is 111 Å². The monoisotopic (exact) mass is 263 g/mol. The first-order valence-corrected chi connectivity index (χ1v) is 6.27. The van der Waals surface area contributed by atoms with Gasteiger partial charge in [0, 0.05) is 6.04 Å². The zero-order chi connectivity index (χ0) is 13.8. The van der Waals surface area contributed by atoms with Crippen LogP contribution in [0.3, 0.4) is 0 Å². The van der Waals surface area contributed by atoms with Crippen LogP contribution in [0.5, 0.6) is 5.75 Å². The molecule has 1 fully saturated rings. The zero-order valence-electron chi connectivity index (χ0n) is 10.8. The summed E-state index contributed by atoms with van der Waals surface area (Å²) in [5.41, 5.74) is 0.432. The maximum absolute atomic E-state index is 12.2. The molecule has 1 unspecified atom stereocenters. The maximum Gasteiger partial charge on any atom is 0.305 e. The fourth-order valence-corrected chi connectivity index (χ4v) is 2.10. The highest BCUT2D eigenvalue weighted by Crippen LogP contribution is 2.34. The van der Waals surface area contributed by atoms with Gasteiger partial charge in [0.05, 0.1) is 19.1 Å². The molecule has 0 bridgehead atoms. The second kappa shape index (κ2) is 5.73. The van der Waals surface area contributed by atoms with Crippen LogP contribution in [-0.2, 0) is 4.79 Å². The molecule has 102 valence electrons. The number of para-hydroxylation sites is 1. The van der Waals surface area contributed by atoms with Crippen molar-refractivity contribution in [1.29, 1.82) is 0 Å². The summed E-state index contributed by atoms with van der Waals surface area (Å²) >= 11 is 0. The number of hydrogen-bond donors (Lipinski definition) is 2. The first-order chi connectivity index (χ1) is 9.11. The molecule has 1 atom stereocenters. The summed E-state index contributed by atoms with van der Waals surface area (Å²) in [6.45, 7) is 0. The van der Waals surface area contributed by atoms with Crippen molar-refractivity contribution in [1.82, 2.24) is 5.32 Å². The number of aliphatic carboxylic acids is 1. The van der Waals surface area contributed by atoms with Gasteiger partial charge in [0.15, 0.2) is 0 Å². The molecule has 5 heteroatoms. The number of rotatable bonds is 6. The Bertz CT molecular complexity index is 482. The van der Waals surface area contributed by atoms with Crippen molar-refractivity contribution >= 4 is 11.9 Å². The molecule has 0 radical (unpaired) electrons. The van der Waals surface area contributed by atoms with Crippen LogP contribution in [0, 0.1) is 5.92 Å². The summed E-state index contributed by atoms with van der Waals surface area (Å²) in [6.07, 6.45) is 1.92. The lowest BCUT2D eigenvalue weighted by atomic mass is 10.1. The van der Waals surface area contributed by atoms with Gasteiger partial charge in [-0.15, -0.1) is 0 Å². The molecule has 1 aliphatic rings. The van der Waals surface area contributed by atoms with Crippen LogP contribution in [-0.4, -0.2) is 30.1 Å². The summed E-state index contributed by atoms with van der Waals surface area (Å²) in [6, 6.07) is 6.61. The minimum absolute atomic E-state index is 0.0362. The highest BCUT2D eigenvalue weighted by molar-refractivity contribution is 5.97. The molecule has 0 heterocycles. The molecule has 2 rings (SSSR count). The van der Waals surface area contributed by atoms with Crippen LogP contribution in [0.1, 0.15) is 29.6 Å². The SMILES string of the molecule is COc1ccccc1C(=O)NC(CC(=O)O)C1CC1. The molecule has 0 aromatic heterocycles. The van der Waals surface area contributed by atoms with E-state index in [9.17, 15) is 9.59 Å². The van der Waals surface area contributed by atoms with Gasteiger partial charge in [-0.3, -0.25) is 9.59 Å². The van der Waals surface area contributed by atoms with E-state index in [2.05, 4.69) is 5.32 Å². The van der Waals surface area contributed by atoms with Crippen molar-refractivity contribution in [3.63, 3.8) is 0 Å². The van der Waals surface area contributed by atoms with E-state index in [0.29, 0.717) is 11.3 Å². The van der Waals surface area contributed by atoms with E-state index in [-0.39, 0.29) is 24.3 Å². The van der Waals surface area contributed by atoms with Gasteiger partial charge in [-0.1, -0.05) is 12.1 Å². The van der Waals surface area contributed by atoms with E-state index in [1.807, 2.05) is 0 Å². The highest BCUT2D eigenvalue weighted by atomic mass is 16.5. The number of methoxy groups -OCH3 is 1. The average Bonchev–Trinajstić information content (AvgIpc) is 3.21. The predicted molar refractivity (Wildman–Crippen MR) is 69.2 cm³/mol. The van der Waals surface area contributed by atoms with Crippen LogP contribution in [0.2, 0.25) is 0 Å². The third kappa shape index (κ3) is 3.47. The van der Waals surface area contributed by atoms with Crippen LogP contribution < -0.4 is 10.1 Å². The Morgan fingerprint density at radius 1 is 1.42 bits per heavy atom. The summed E-state index contributed by atoms with van der Waals surface area (Å²) < 4.78 is 5.13. The number of ether oxygens (including phenoxy) is 1. The molecule has 0 saturated heterocycles. The average molecular weight is 263 g/mol. The van der Waals surface area contributed by atoms with Crippen LogP contribution in [0.4, 0.5) is 0 Å². The van der Waals surface area contributed by atoms with Gasteiger partial charge in [-0.2, -0.15) is 0 Å². The summed E-state index contributed by atoms with van der Waals surface area (Å²) in [5, 5.41) is 11.7. The number of carboxylic acids is 1. The number of nitrogens with one attached hydrogen (secondary N) is 1. The van der Waals surface area contributed by atoms with Crippen molar-refractivity contribution in [3.8, 4) is 5.75 Å². The summed E-state index contributed by atoms with van der Waals surface area (Å²) in [5.74, 6) is -0.396. The standard InChI is InChI=1S/C14H17NO4/c1-19-12-5-3-2-4-10(12)14(18)15-11(8-13(16)17)9-6-7-9/h2-5,9,11H,6-8H2,1H3,(H,15,18)(H,16,17). The molecule has 1 amide bonds. The van der Waals surface area contributed by atoms with E-state index in [0.717, 1.165) is 12.8 Å². The van der Waals surface area contributed by atoms with E-state index >= 15 is 0 Å². The molecule has 19 heavy (non-hydrogen) atoms. The fraction of sp³-hybridized carbons (Fsp3) is 0.429. The number of amides is 1. The van der Waals surface area contributed by atoms with E-state index < -0.39 is 5.97 Å². The van der Waals surface area contributed by atoms with Gasteiger partial charge < -0.3 is 15.2 Å². The number of carbonyl (C=O) groups excluding carboxylic acids is 1. The van der Waals surface area contributed by atoms with Crippen molar-refractivity contribution in [2.24, 2.45) is 5.92 Å². The Kier molecular flexibility index (Phi) is 4.04. The number of hydrogen-bond acceptors (Lipinski definition) is 3. The third-order valence-electron chi connectivity index (χ3n) is 3.25. The van der Waals surface area contributed by atoms with Gasteiger partial charge in [0.1, 0.15) is 5.75 Å². The quantitative estimate of drug-likeness (QED) is 0.818. The first-order valence-electron chi connectivity index (χ1n) is 6.27. The van der Waals surface area contributed by atoms with Gasteiger partial charge >= 0.3 is 5.97 Å². The molecule has 5 nitrogen and oxygen atoms in total. The lowest BCUT2D eigenvalue weighted by Crippen LogP contribution is -2.38. The normalized spacial score (nSPS) is 15.6. The van der Waals surface area contributed by atoms with Crippen molar-refractivity contribution in [3.05, 3.63) is 29.8 Å². The van der Waals surface area contributed by atoms with Crippen molar-refractivity contribution < 1.29 is 19.4 Å². The smallest absolute Gasteiger partial charge is 0.305 e. The third-order valence-corrected chi connectivity index (χ3v) is 3.25. The van der Waals surface area contributed by atoms with Gasteiger partial charge in [0.25, 0.3) is 5.91 Å². The predicted octanol–water partition coefficient (Wildman–Crippen LogP) is 1.68. The Hall–Kier alpha value is -2.04. The largest absolute Gasteiger partial charge is 0.496 e. The lowest BCUT2D eigenvalue weighted by Gasteiger charge is -2.17. The second-order valence-electron chi connectivity index (χ2n) is 4.72. The topological polar surface area (TPSA) is 75.6 Å². The second-order valence-corrected chi connectivity index (χ2v) is 4.72. The number of carboxylic acid groups (broad SMARTS) is 1. The minimum atomic E-state index is -0.891. The van der Waals surface area contributed by atoms with Gasteiger partial charge in [-0.05, 0) is 30.9 Å². The van der Waals surface area contributed by atoms with Crippen LogP contribution in [0.15, 0.2) is 24.3 Å². The molecule has 1 aromatic rings. The van der Waals surface area contributed by atoms with Gasteiger partial charge in [0.2, 0.25) is 0 Å². The Morgan fingerprint density at radius 3 is 2.68 bits per heavy atom. The molecule has 0 aliphatic heterocycles. The zero-order valence-corrected chi connectivity index (χ0v) is 10.8. The molecule has 2 N–H and O–H groups in total. The molecule has 0 spiro atoms. The van der Waals surface area contributed by atoms with Gasteiger partial charge in [-0.25, -0.2) is 0 Å². The fourth-order valence-electron chi connectivity index (χ4n) is 2.10. The van der Waals surface area contributed by atoms with Crippen LogP contribution in [0.25, 0.3) is 0 Å². The minimum Gasteiger partial charge on any atom is -0.496 e. The van der Waals surface area contributed by atoms with Crippen molar-refractivity contribution in [2.45, 2.75) is 25.3 Å². The van der Waals surface area contributed by atoms with E-state index in [1.165, 1.54) is 7.11 Å². The Morgan fingerprint density at radius 2 is 2.11 bits per heavy atom. The molecule has 1 aliphatic carbocycles. The van der Waals surface area contributed by atoms with Crippen molar-refractivity contribution in [2.75, 3.05) is 7.11 Å². The molecular formula is C14H17NO4. The van der Waals surface area contributed by atoms with Crippen LogP contribution >= 0.6 is 0 Å². The summed E-state index contributed by atoms with van der Waals surface area (Å²) in [7, 11) is 1.50. The maximum atomic E-state index is 12.2. The number of carbonyl (C=O) groups is 2. The molecular weight excluding hydrogens is 246 g/mol. The highest BCUT2D eigenvalue weighted by Gasteiger charge is 2.34.